The topological polar surface area (TPSA) is 101 Å². The molecule has 1 heterocycles. The molecule has 0 aliphatic rings. The smallest absolute Gasteiger partial charge is 0.266 e. The van der Waals surface area contributed by atoms with Gasteiger partial charge in [0.05, 0.1) is 11.9 Å². The van der Waals surface area contributed by atoms with Gasteiger partial charge in [-0.15, -0.1) is 10.2 Å². The second-order valence-electron chi connectivity index (χ2n) is 6.75. The van der Waals surface area contributed by atoms with Gasteiger partial charge in [-0.05, 0) is 38.1 Å². The number of nitrogens with one attached hydrogen (secondary N) is 1. The number of hydrogen-bond donors (Lipinski definition) is 1. The molecule has 2 aromatic carbocycles. The fourth-order valence-electron chi connectivity index (χ4n) is 2.48. The van der Waals surface area contributed by atoms with E-state index in [0.717, 1.165) is 21.7 Å². The van der Waals surface area contributed by atoms with Crippen molar-refractivity contribution in [2.75, 3.05) is 22.9 Å². The van der Waals surface area contributed by atoms with Crippen LogP contribution >= 0.6 is 11.3 Å². The van der Waals surface area contributed by atoms with Crippen molar-refractivity contribution in [1.29, 1.82) is 0 Å². The lowest BCUT2D eigenvalue weighted by Gasteiger charge is -2.18. The molecule has 10 heteroatoms. The minimum absolute atomic E-state index is 0.362. The van der Waals surface area contributed by atoms with Gasteiger partial charge in [0, 0.05) is 12.6 Å². The van der Waals surface area contributed by atoms with Crippen molar-refractivity contribution in [2.24, 2.45) is 0 Å². The summed E-state index contributed by atoms with van der Waals surface area (Å²) in [5.74, 6) is 0.0832. The second-order valence-corrected chi connectivity index (χ2v) is 9.74. The van der Waals surface area contributed by atoms with Crippen molar-refractivity contribution in [3.05, 3.63) is 54.1 Å². The maximum Gasteiger partial charge on any atom is 0.266 e. The SMILES string of the molecule is Cc1ccc(-c2nnc(NC(=O)[C@H](C)Oc3ccc(N(C)S(C)(=O)=O)cc3)s2)cc1. The van der Waals surface area contributed by atoms with Crippen LogP contribution in [0.4, 0.5) is 10.8 Å². The molecular formula is C20H22N4O4S2. The van der Waals surface area contributed by atoms with Crippen LogP contribution in [-0.4, -0.2) is 43.9 Å². The number of ether oxygens (including phenoxy) is 1. The first kappa shape index (κ1) is 21.7. The summed E-state index contributed by atoms with van der Waals surface area (Å²) in [6.45, 7) is 3.63. The third-order valence-electron chi connectivity index (χ3n) is 4.33. The van der Waals surface area contributed by atoms with E-state index >= 15 is 0 Å². The molecule has 0 radical (unpaired) electrons. The van der Waals surface area contributed by atoms with Crippen LogP contribution in [0.15, 0.2) is 48.5 Å². The van der Waals surface area contributed by atoms with E-state index in [1.165, 1.54) is 18.4 Å². The molecule has 0 saturated heterocycles. The predicted octanol–water partition coefficient (Wildman–Crippen LogP) is 3.32. The minimum atomic E-state index is -3.34. The Labute approximate surface area is 179 Å². The molecule has 0 unspecified atom stereocenters. The van der Waals surface area contributed by atoms with Gasteiger partial charge in [0.1, 0.15) is 10.8 Å². The highest BCUT2D eigenvalue weighted by Gasteiger charge is 2.18. The number of benzene rings is 2. The summed E-state index contributed by atoms with van der Waals surface area (Å²) >= 11 is 1.28. The number of carbonyl (C=O) groups excluding carboxylic acids is 1. The molecule has 3 aromatic rings. The Kier molecular flexibility index (Phi) is 6.37. The molecule has 158 valence electrons. The van der Waals surface area contributed by atoms with E-state index in [1.54, 1.807) is 31.2 Å². The van der Waals surface area contributed by atoms with Gasteiger partial charge in [-0.2, -0.15) is 0 Å². The first-order valence-corrected chi connectivity index (χ1v) is 11.7. The van der Waals surface area contributed by atoms with Crippen LogP contribution in [0.1, 0.15) is 12.5 Å². The highest BCUT2D eigenvalue weighted by molar-refractivity contribution is 7.92. The summed E-state index contributed by atoms with van der Waals surface area (Å²) in [7, 11) is -1.88. The number of carbonyl (C=O) groups is 1. The second kappa shape index (κ2) is 8.80. The average Bonchev–Trinajstić information content (AvgIpc) is 3.16. The van der Waals surface area contributed by atoms with Crippen molar-refractivity contribution in [3.63, 3.8) is 0 Å². The summed E-state index contributed by atoms with van der Waals surface area (Å²) < 4.78 is 30.0. The summed E-state index contributed by atoms with van der Waals surface area (Å²) in [5, 5.41) is 11.9. The molecule has 30 heavy (non-hydrogen) atoms. The van der Waals surface area contributed by atoms with Crippen molar-refractivity contribution >= 4 is 38.1 Å². The Bertz CT molecular complexity index is 1130. The first-order valence-electron chi connectivity index (χ1n) is 9.05. The third-order valence-corrected chi connectivity index (χ3v) is 6.43. The van der Waals surface area contributed by atoms with Crippen molar-refractivity contribution in [2.45, 2.75) is 20.0 Å². The van der Waals surface area contributed by atoms with Crippen LogP contribution in [0.3, 0.4) is 0 Å². The van der Waals surface area contributed by atoms with E-state index in [9.17, 15) is 13.2 Å². The van der Waals surface area contributed by atoms with E-state index in [0.29, 0.717) is 21.6 Å². The third kappa shape index (κ3) is 5.33. The first-order chi connectivity index (χ1) is 14.1. The Morgan fingerprint density at radius 3 is 2.33 bits per heavy atom. The summed E-state index contributed by atoms with van der Waals surface area (Å²) in [4.78, 5) is 12.4. The summed E-state index contributed by atoms with van der Waals surface area (Å²) in [6, 6.07) is 14.3. The minimum Gasteiger partial charge on any atom is -0.481 e. The Morgan fingerprint density at radius 1 is 1.10 bits per heavy atom. The van der Waals surface area contributed by atoms with Crippen molar-refractivity contribution in [1.82, 2.24) is 10.2 Å². The number of aryl methyl sites for hydroxylation is 1. The summed E-state index contributed by atoms with van der Waals surface area (Å²) in [5.41, 5.74) is 2.58. The molecule has 0 aliphatic heterocycles. The standard InChI is InChI=1S/C20H22N4O4S2/c1-13-5-7-15(8-6-13)19-22-23-20(29-19)21-18(25)14(2)28-17-11-9-16(10-12-17)24(3)30(4,26)27/h5-12,14H,1-4H3,(H,21,23,25)/t14-/m0/s1. The number of hydrogen-bond acceptors (Lipinski definition) is 7. The van der Waals surface area contributed by atoms with E-state index in [-0.39, 0.29) is 5.91 Å². The quantitative estimate of drug-likeness (QED) is 0.597. The lowest BCUT2D eigenvalue weighted by Crippen LogP contribution is -2.30. The van der Waals surface area contributed by atoms with Gasteiger partial charge in [-0.1, -0.05) is 41.2 Å². The summed E-state index contributed by atoms with van der Waals surface area (Å²) in [6.07, 6.45) is 0.344. The van der Waals surface area contributed by atoms with Gasteiger partial charge in [0.2, 0.25) is 15.2 Å². The van der Waals surface area contributed by atoms with E-state index in [2.05, 4.69) is 15.5 Å². The Balaban J connectivity index is 1.60. The van der Waals surface area contributed by atoms with Crippen molar-refractivity contribution < 1.29 is 17.9 Å². The van der Waals surface area contributed by atoms with Crippen LogP contribution in [-0.2, 0) is 14.8 Å². The van der Waals surface area contributed by atoms with E-state index in [1.807, 2.05) is 31.2 Å². The monoisotopic (exact) mass is 446 g/mol. The number of rotatable bonds is 7. The zero-order chi connectivity index (χ0) is 21.9. The molecule has 8 nitrogen and oxygen atoms in total. The fraction of sp³-hybridized carbons (Fsp3) is 0.250. The number of aromatic nitrogens is 2. The molecule has 0 saturated carbocycles. The average molecular weight is 447 g/mol. The van der Waals surface area contributed by atoms with Crippen LogP contribution in [0.25, 0.3) is 10.6 Å². The molecule has 0 aliphatic carbocycles. The van der Waals surface area contributed by atoms with Gasteiger partial charge in [-0.3, -0.25) is 14.4 Å². The van der Waals surface area contributed by atoms with Gasteiger partial charge in [0.25, 0.3) is 5.91 Å². The molecule has 1 atom stereocenters. The normalized spacial score (nSPS) is 12.3. The fourth-order valence-corrected chi connectivity index (χ4v) is 3.73. The molecule has 0 spiro atoms. The molecule has 1 aromatic heterocycles. The molecule has 1 N–H and O–H groups in total. The maximum atomic E-state index is 12.4. The lowest BCUT2D eigenvalue weighted by atomic mass is 10.2. The lowest BCUT2D eigenvalue weighted by molar-refractivity contribution is -0.122. The Hall–Kier alpha value is -2.98. The van der Waals surface area contributed by atoms with Crippen LogP contribution in [0.2, 0.25) is 0 Å². The van der Waals surface area contributed by atoms with Gasteiger partial charge >= 0.3 is 0 Å². The molecule has 1 amide bonds. The van der Waals surface area contributed by atoms with Gasteiger partial charge in [-0.25, -0.2) is 8.42 Å². The number of amides is 1. The zero-order valence-corrected chi connectivity index (χ0v) is 18.6. The number of nitrogens with zero attached hydrogens (tertiary/aromatic N) is 3. The molecule has 0 bridgehead atoms. The predicted molar refractivity (Wildman–Crippen MR) is 118 cm³/mol. The highest BCUT2D eigenvalue weighted by atomic mass is 32.2. The molecule has 0 fully saturated rings. The molecular weight excluding hydrogens is 424 g/mol. The van der Waals surface area contributed by atoms with Crippen LogP contribution in [0.5, 0.6) is 5.75 Å². The largest absolute Gasteiger partial charge is 0.481 e. The van der Waals surface area contributed by atoms with E-state index in [4.69, 9.17) is 4.74 Å². The van der Waals surface area contributed by atoms with Crippen LogP contribution in [0, 0.1) is 6.92 Å². The van der Waals surface area contributed by atoms with E-state index < -0.39 is 16.1 Å². The zero-order valence-electron chi connectivity index (χ0n) is 17.0. The highest BCUT2D eigenvalue weighted by Crippen LogP contribution is 2.27. The molecule has 3 rings (SSSR count). The van der Waals surface area contributed by atoms with Crippen LogP contribution < -0.4 is 14.4 Å². The van der Waals surface area contributed by atoms with Gasteiger partial charge < -0.3 is 4.74 Å². The number of anilines is 2. The van der Waals surface area contributed by atoms with Crippen molar-refractivity contribution in [3.8, 4) is 16.3 Å². The maximum absolute atomic E-state index is 12.4. The Morgan fingerprint density at radius 2 is 1.73 bits per heavy atom. The number of sulfonamides is 1. The van der Waals surface area contributed by atoms with Gasteiger partial charge in [0.15, 0.2) is 6.10 Å².